The Kier molecular flexibility index (Phi) is 6.85. The van der Waals surface area contributed by atoms with Gasteiger partial charge in [0.25, 0.3) is 0 Å². The molecule has 0 aromatic heterocycles. The minimum Gasteiger partial charge on any atom is -0.492 e. The molecule has 3 rings (SSSR count). The largest absolute Gasteiger partial charge is 0.492 e. The van der Waals surface area contributed by atoms with Crippen molar-refractivity contribution in [3.8, 4) is 5.75 Å². The highest BCUT2D eigenvalue weighted by atomic mass is 35.5. The molecule has 148 valence electrons. The number of nitrogens with zero attached hydrogens (tertiary/aromatic N) is 3. The summed E-state index contributed by atoms with van der Waals surface area (Å²) >= 11 is 18.0. The molecule has 1 unspecified atom stereocenters. The molecule has 0 aliphatic carbocycles. The predicted molar refractivity (Wildman–Crippen MR) is 112 cm³/mol. The lowest BCUT2D eigenvalue weighted by molar-refractivity contribution is -0.132. The van der Waals surface area contributed by atoms with Gasteiger partial charge in [0.2, 0.25) is 11.9 Å². The van der Waals surface area contributed by atoms with Crippen molar-refractivity contribution in [3.63, 3.8) is 0 Å². The maximum absolute atomic E-state index is 6.09. The Balaban J connectivity index is 1.56. The molecule has 0 amide bonds. The van der Waals surface area contributed by atoms with Gasteiger partial charge < -0.3 is 16.2 Å². The third-order valence-electron chi connectivity index (χ3n) is 3.78. The van der Waals surface area contributed by atoms with Crippen LogP contribution >= 0.6 is 34.8 Å². The molecular weight excluding hydrogens is 425 g/mol. The molecule has 1 heterocycles. The van der Waals surface area contributed by atoms with Crippen molar-refractivity contribution in [2.24, 2.45) is 21.5 Å². The molecule has 0 bridgehead atoms. The molecule has 2 aromatic carbocycles. The molecule has 0 saturated carbocycles. The van der Waals surface area contributed by atoms with E-state index < -0.39 is 6.17 Å². The lowest BCUT2D eigenvalue weighted by Gasteiger charge is -2.31. The molecule has 1 atom stereocenters. The summed E-state index contributed by atoms with van der Waals surface area (Å²) in [5, 5.41) is 2.55. The monoisotopic (exact) mass is 441 g/mol. The molecule has 7 nitrogen and oxygen atoms in total. The molecule has 4 N–H and O–H groups in total. The van der Waals surface area contributed by atoms with E-state index in [1.165, 1.54) is 11.1 Å². The first-order valence-corrected chi connectivity index (χ1v) is 9.51. The van der Waals surface area contributed by atoms with E-state index in [1.54, 1.807) is 6.07 Å². The fourth-order valence-electron chi connectivity index (χ4n) is 2.49. The second kappa shape index (κ2) is 9.34. The average Bonchev–Trinajstić information content (AvgIpc) is 2.67. The molecule has 0 saturated heterocycles. The SMILES string of the molecule is NC1=NC(c2ccccc2)N(OCCCOc2cc(Cl)c(Cl)cc2Cl)C(N)=N1. The van der Waals surface area contributed by atoms with Crippen LogP contribution in [0, 0.1) is 0 Å². The number of hydrogen-bond donors (Lipinski definition) is 2. The van der Waals surface area contributed by atoms with E-state index in [4.69, 9.17) is 55.8 Å². The molecule has 0 radical (unpaired) electrons. The van der Waals surface area contributed by atoms with Crippen LogP contribution in [0.1, 0.15) is 18.2 Å². The number of rotatable bonds is 7. The first kappa shape index (κ1) is 20.5. The van der Waals surface area contributed by atoms with E-state index in [0.717, 1.165) is 5.56 Å². The van der Waals surface area contributed by atoms with Crippen molar-refractivity contribution in [2.45, 2.75) is 12.6 Å². The van der Waals surface area contributed by atoms with Crippen LogP contribution in [-0.2, 0) is 4.84 Å². The molecule has 0 fully saturated rings. The van der Waals surface area contributed by atoms with Gasteiger partial charge >= 0.3 is 0 Å². The van der Waals surface area contributed by atoms with E-state index in [9.17, 15) is 0 Å². The van der Waals surface area contributed by atoms with Gasteiger partial charge in [-0.05, 0) is 11.6 Å². The summed E-state index contributed by atoms with van der Waals surface area (Å²) in [6.45, 7) is 0.665. The number of guanidine groups is 2. The number of aliphatic imine (C=N–C) groups is 2. The normalized spacial score (nSPS) is 16.5. The van der Waals surface area contributed by atoms with Gasteiger partial charge in [0.1, 0.15) is 5.75 Å². The number of halogens is 3. The Morgan fingerprint density at radius 2 is 1.68 bits per heavy atom. The zero-order chi connectivity index (χ0) is 20.1. The van der Waals surface area contributed by atoms with Crippen molar-refractivity contribution in [2.75, 3.05) is 13.2 Å². The predicted octanol–water partition coefficient (Wildman–Crippen LogP) is 3.99. The highest BCUT2D eigenvalue weighted by Gasteiger charge is 2.27. The number of ether oxygens (including phenoxy) is 1. The number of hydroxylamine groups is 2. The molecule has 1 aliphatic rings. The number of nitrogens with two attached hydrogens (primary N) is 2. The molecule has 2 aromatic rings. The summed E-state index contributed by atoms with van der Waals surface area (Å²) in [6, 6.07) is 12.6. The second-order valence-electron chi connectivity index (χ2n) is 5.80. The van der Waals surface area contributed by atoms with E-state index >= 15 is 0 Å². The lowest BCUT2D eigenvalue weighted by Crippen LogP contribution is -2.44. The molecule has 0 spiro atoms. The van der Waals surface area contributed by atoms with Gasteiger partial charge in [0.05, 0.1) is 28.3 Å². The summed E-state index contributed by atoms with van der Waals surface area (Å²) < 4.78 is 5.63. The molecular formula is C18H18Cl3N5O2. The van der Waals surface area contributed by atoms with Crippen LogP contribution in [-0.4, -0.2) is 30.2 Å². The van der Waals surface area contributed by atoms with Crippen molar-refractivity contribution in [1.82, 2.24) is 5.06 Å². The topological polar surface area (TPSA) is 98.5 Å². The van der Waals surface area contributed by atoms with Crippen molar-refractivity contribution < 1.29 is 9.57 Å². The molecule has 1 aliphatic heterocycles. The highest BCUT2D eigenvalue weighted by Crippen LogP contribution is 2.34. The van der Waals surface area contributed by atoms with Crippen molar-refractivity contribution >= 4 is 46.7 Å². The number of hydrogen-bond acceptors (Lipinski definition) is 7. The summed E-state index contributed by atoms with van der Waals surface area (Å²) in [4.78, 5) is 14.1. The van der Waals surface area contributed by atoms with Gasteiger partial charge in [-0.25, -0.2) is 4.99 Å². The van der Waals surface area contributed by atoms with E-state index in [1.807, 2.05) is 30.3 Å². The lowest BCUT2D eigenvalue weighted by atomic mass is 10.2. The zero-order valence-corrected chi connectivity index (χ0v) is 17.0. The van der Waals surface area contributed by atoms with Crippen LogP contribution in [0.15, 0.2) is 52.4 Å². The average molecular weight is 443 g/mol. The zero-order valence-electron chi connectivity index (χ0n) is 14.7. The quantitative estimate of drug-likeness (QED) is 0.499. The number of benzene rings is 2. The van der Waals surface area contributed by atoms with Crippen LogP contribution in [0.5, 0.6) is 5.75 Å². The maximum atomic E-state index is 6.09. The van der Waals surface area contributed by atoms with E-state index in [-0.39, 0.29) is 11.9 Å². The van der Waals surface area contributed by atoms with Gasteiger partial charge in [-0.3, -0.25) is 4.84 Å². The summed E-state index contributed by atoms with van der Waals surface area (Å²) in [5.41, 5.74) is 12.6. The van der Waals surface area contributed by atoms with Gasteiger partial charge in [-0.1, -0.05) is 65.1 Å². The van der Waals surface area contributed by atoms with Crippen LogP contribution < -0.4 is 16.2 Å². The van der Waals surface area contributed by atoms with Crippen LogP contribution in [0.4, 0.5) is 0 Å². The van der Waals surface area contributed by atoms with Crippen molar-refractivity contribution in [3.05, 3.63) is 63.1 Å². The fourth-order valence-corrected chi connectivity index (χ4v) is 3.08. The minimum atomic E-state index is -0.510. The Labute approximate surface area is 177 Å². The Bertz CT molecular complexity index is 892. The summed E-state index contributed by atoms with van der Waals surface area (Å²) in [6.07, 6.45) is 0.0465. The van der Waals surface area contributed by atoms with Gasteiger partial charge in [-0.2, -0.15) is 10.1 Å². The Morgan fingerprint density at radius 3 is 2.43 bits per heavy atom. The first-order chi connectivity index (χ1) is 13.5. The molecule has 10 heteroatoms. The molecule has 28 heavy (non-hydrogen) atoms. The third-order valence-corrected chi connectivity index (χ3v) is 4.80. The maximum Gasteiger partial charge on any atom is 0.226 e. The fraction of sp³-hybridized carbons (Fsp3) is 0.222. The van der Waals surface area contributed by atoms with E-state index in [0.29, 0.717) is 40.5 Å². The minimum absolute atomic E-state index is 0.101. The van der Waals surface area contributed by atoms with Gasteiger partial charge in [-0.15, -0.1) is 0 Å². The summed E-state index contributed by atoms with van der Waals surface area (Å²) in [5.74, 6) is 0.688. The highest BCUT2D eigenvalue weighted by molar-refractivity contribution is 6.43. The van der Waals surface area contributed by atoms with Gasteiger partial charge in [0.15, 0.2) is 6.17 Å². The van der Waals surface area contributed by atoms with Gasteiger partial charge in [0, 0.05) is 12.5 Å². The first-order valence-electron chi connectivity index (χ1n) is 8.37. The Hall–Kier alpha value is -2.19. The second-order valence-corrected chi connectivity index (χ2v) is 7.02. The summed E-state index contributed by atoms with van der Waals surface area (Å²) in [7, 11) is 0. The Morgan fingerprint density at radius 1 is 0.964 bits per heavy atom. The smallest absolute Gasteiger partial charge is 0.226 e. The van der Waals surface area contributed by atoms with Crippen LogP contribution in [0.25, 0.3) is 0 Å². The third kappa shape index (κ3) is 4.99. The van der Waals surface area contributed by atoms with Crippen LogP contribution in [0.2, 0.25) is 15.1 Å². The standard InChI is InChI=1S/C18H18Cl3N5O2/c19-12-9-14(21)15(10-13(12)20)27-7-4-8-28-26-16(11-5-2-1-3-6-11)24-17(22)25-18(26)23/h1-3,5-6,9-10,16H,4,7-8H2,(H4,22,23,24,25). The van der Waals surface area contributed by atoms with Crippen LogP contribution in [0.3, 0.4) is 0 Å². The van der Waals surface area contributed by atoms with E-state index in [2.05, 4.69) is 9.98 Å². The van der Waals surface area contributed by atoms with Crippen molar-refractivity contribution in [1.29, 1.82) is 0 Å².